The lowest BCUT2D eigenvalue weighted by Gasteiger charge is -2.23. The Morgan fingerprint density at radius 2 is 1.82 bits per heavy atom. The summed E-state index contributed by atoms with van der Waals surface area (Å²) in [7, 11) is 1.60. The first-order valence-electron chi connectivity index (χ1n) is 10.0. The second-order valence-corrected chi connectivity index (χ2v) is 8.21. The first-order valence-corrected chi connectivity index (χ1v) is 10.9. The maximum Gasteiger partial charge on any atom is 0.193 e. The molecule has 4 aromatic rings. The molecule has 0 N–H and O–H groups in total. The number of aromatic nitrogens is 3. The van der Waals surface area contributed by atoms with Gasteiger partial charge < -0.3 is 9.64 Å². The topological polar surface area (TPSA) is 98.7 Å². The van der Waals surface area contributed by atoms with Crippen LogP contribution in [0.2, 0.25) is 0 Å². The summed E-state index contributed by atoms with van der Waals surface area (Å²) in [5.41, 5.74) is 5.37. The fourth-order valence-electron chi connectivity index (χ4n) is 3.57. The highest BCUT2D eigenvalue weighted by atomic mass is 32.1. The van der Waals surface area contributed by atoms with Crippen LogP contribution in [0.3, 0.4) is 0 Å². The van der Waals surface area contributed by atoms with Crippen LogP contribution in [0.15, 0.2) is 67.0 Å². The van der Waals surface area contributed by atoms with Crippen molar-refractivity contribution in [3.05, 3.63) is 83.7 Å². The van der Waals surface area contributed by atoms with Gasteiger partial charge in [-0.3, -0.25) is 0 Å². The zero-order valence-electron chi connectivity index (χ0n) is 17.6. The van der Waals surface area contributed by atoms with Gasteiger partial charge in [0.05, 0.1) is 48.8 Å². The molecule has 33 heavy (non-hydrogen) atoms. The van der Waals surface area contributed by atoms with Crippen LogP contribution in [0.4, 0.5) is 5.13 Å². The number of thiazole rings is 1. The van der Waals surface area contributed by atoms with E-state index in [9.17, 15) is 0 Å². The van der Waals surface area contributed by atoms with Crippen molar-refractivity contribution in [1.29, 1.82) is 10.5 Å². The minimum Gasteiger partial charge on any atom is -0.496 e. The Balaban J connectivity index is 1.43. The molecule has 8 heteroatoms. The van der Waals surface area contributed by atoms with Crippen molar-refractivity contribution in [2.45, 2.75) is 0 Å². The van der Waals surface area contributed by atoms with Crippen LogP contribution in [0, 0.1) is 22.7 Å². The molecule has 2 aromatic heterocycles. The van der Waals surface area contributed by atoms with E-state index in [0.29, 0.717) is 29.1 Å². The average molecular weight is 449 g/mol. The average Bonchev–Trinajstić information content (AvgIpc) is 3.32. The van der Waals surface area contributed by atoms with E-state index in [4.69, 9.17) is 20.2 Å². The molecule has 0 spiro atoms. The van der Waals surface area contributed by atoms with E-state index < -0.39 is 0 Å². The van der Waals surface area contributed by atoms with Crippen LogP contribution in [0.5, 0.6) is 5.75 Å². The Hall–Kier alpha value is -4.53. The Morgan fingerprint density at radius 3 is 2.58 bits per heavy atom. The summed E-state index contributed by atoms with van der Waals surface area (Å²) in [4.78, 5) is 16.7. The Kier molecular flexibility index (Phi) is 5.27. The first kappa shape index (κ1) is 20.4. The van der Waals surface area contributed by atoms with Crippen molar-refractivity contribution in [3.8, 4) is 29.1 Å². The highest BCUT2D eigenvalue weighted by Crippen LogP contribution is 2.34. The molecule has 0 bridgehead atoms. The van der Waals surface area contributed by atoms with Crippen molar-refractivity contribution in [3.63, 3.8) is 0 Å². The van der Waals surface area contributed by atoms with E-state index in [1.165, 1.54) is 11.3 Å². The molecule has 0 unspecified atom stereocenters. The maximum absolute atomic E-state index is 9.16. The molecule has 1 aliphatic rings. The monoisotopic (exact) mass is 448 g/mol. The van der Waals surface area contributed by atoms with E-state index in [2.05, 4.69) is 22.1 Å². The van der Waals surface area contributed by atoms with Gasteiger partial charge in [0.15, 0.2) is 15.6 Å². The molecule has 3 heterocycles. The van der Waals surface area contributed by atoms with Gasteiger partial charge in [-0.05, 0) is 42.0 Å². The number of nitriles is 2. The van der Waals surface area contributed by atoms with E-state index >= 15 is 0 Å². The van der Waals surface area contributed by atoms with E-state index in [-0.39, 0.29) is 0 Å². The van der Waals surface area contributed by atoms with Gasteiger partial charge in [0.1, 0.15) is 5.75 Å². The fraction of sp³-hybridized carbons (Fsp3) is 0.0800. The maximum atomic E-state index is 9.16. The van der Waals surface area contributed by atoms with Crippen molar-refractivity contribution in [2.24, 2.45) is 0 Å². The number of ether oxygens (including phenoxy) is 1. The number of methoxy groups -OCH3 is 1. The molecule has 0 saturated carbocycles. The Bertz CT molecular complexity index is 1500. The molecule has 0 aliphatic carbocycles. The minimum absolute atomic E-state index is 0.556. The molecular formula is C25H16N6OS. The van der Waals surface area contributed by atoms with Crippen molar-refractivity contribution >= 4 is 32.5 Å². The van der Waals surface area contributed by atoms with Gasteiger partial charge in [0, 0.05) is 17.3 Å². The summed E-state index contributed by atoms with van der Waals surface area (Å²) in [6.45, 7) is 0.598. The molecular weight excluding hydrogens is 432 g/mol. The number of nitrogens with zero attached hydrogens (tertiary/aromatic N) is 6. The zero-order chi connectivity index (χ0) is 22.8. The number of hydrogen-bond donors (Lipinski definition) is 0. The van der Waals surface area contributed by atoms with Gasteiger partial charge >= 0.3 is 0 Å². The third kappa shape index (κ3) is 3.91. The van der Waals surface area contributed by atoms with Gasteiger partial charge in [-0.1, -0.05) is 29.5 Å². The molecule has 2 aromatic carbocycles. The van der Waals surface area contributed by atoms with E-state index in [1.807, 2.05) is 41.5 Å². The van der Waals surface area contributed by atoms with E-state index in [1.54, 1.807) is 37.6 Å². The SMILES string of the molecule is COc1cc(C#N)ccc1C1=CC=CN(c2nc3ncc(-c4ccc(C#N)cc4)nc3s2)C1. The summed E-state index contributed by atoms with van der Waals surface area (Å²) >= 11 is 1.47. The number of anilines is 1. The number of fused-ring (bicyclic) bond motifs is 1. The third-order valence-corrected chi connectivity index (χ3v) is 6.22. The molecule has 0 fully saturated rings. The first-order chi connectivity index (χ1) is 16.2. The smallest absolute Gasteiger partial charge is 0.193 e. The van der Waals surface area contributed by atoms with Crippen molar-refractivity contribution in [1.82, 2.24) is 15.0 Å². The van der Waals surface area contributed by atoms with Gasteiger partial charge in [0.2, 0.25) is 0 Å². The van der Waals surface area contributed by atoms with Crippen LogP contribution >= 0.6 is 11.3 Å². The lowest BCUT2D eigenvalue weighted by atomic mass is 10.0. The number of allylic oxidation sites excluding steroid dienone is 2. The van der Waals surface area contributed by atoms with E-state index in [0.717, 1.165) is 32.4 Å². The molecule has 0 atom stereocenters. The molecule has 0 saturated heterocycles. The highest BCUT2D eigenvalue weighted by molar-refractivity contribution is 7.21. The summed E-state index contributed by atoms with van der Waals surface area (Å²) in [5, 5.41) is 18.9. The lowest BCUT2D eigenvalue weighted by molar-refractivity contribution is 0.413. The van der Waals surface area contributed by atoms with Crippen LogP contribution in [-0.4, -0.2) is 28.6 Å². The molecule has 5 rings (SSSR count). The second-order valence-electron chi connectivity index (χ2n) is 7.26. The summed E-state index contributed by atoms with van der Waals surface area (Å²) in [6, 6.07) is 17.0. The summed E-state index contributed by atoms with van der Waals surface area (Å²) < 4.78 is 5.51. The fourth-order valence-corrected chi connectivity index (χ4v) is 4.45. The van der Waals surface area contributed by atoms with Crippen molar-refractivity contribution in [2.75, 3.05) is 18.6 Å². The second kappa shape index (κ2) is 8.54. The van der Waals surface area contributed by atoms with Crippen LogP contribution in [0.25, 0.3) is 27.3 Å². The molecule has 1 aliphatic heterocycles. The van der Waals surface area contributed by atoms with Gasteiger partial charge in [0.25, 0.3) is 0 Å². The lowest BCUT2D eigenvalue weighted by Crippen LogP contribution is -2.20. The molecule has 0 radical (unpaired) electrons. The summed E-state index contributed by atoms with van der Waals surface area (Å²) in [5.74, 6) is 0.662. The normalized spacial score (nSPS) is 12.8. The number of hydrogen-bond acceptors (Lipinski definition) is 8. The molecule has 158 valence electrons. The quantitative estimate of drug-likeness (QED) is 0.437. The van der Waals surface area contributed by atoms with Crippen LogP contribution in [0.1, 0.15) is 16.7 Å². The zero-order valence-corrected chi connectivity index (χ0v) is 18.4. The minimum atomic E-state index is 0.556. The third-order valence-electron chi connectivity index (χ3n) is 5.25. The van der Waals surface area contributed by atoms with Crippen LogP contribution in [-0.2, 0) is 0 Å². The van der Waals surface area contributed by atoms with Crippen molar-refractivity contribution < 1.29 is 4.74 Å². The van der Waals surface area contributed by atoms with Crippen LogP contribution < -0.4 is 9.64 Å². The predicted molar refractivity (Wildman–Crippen MR) is 128 cm³/mol. The Morgan fingerprint density at radius 1 is 1.03 bits per heavy atom. The standard InChI is InChI=1S/C25H16N6OS/c1-32-22-11-17(13-27)6-9-20(22)19-3-2-10-31(15-19)25-30-23-24(33-25)29-21(14-28-23)18-7-4-16(12-26)5-8-18/h2-11,14H,15H2,1H3. The molecule has 0 amide bonds. The molecule has 7 nitrogen and oxygen atoms in total. The highest BCUT2D eigenvalue weighted by Gasteiger charge is 2.19. The van der Waals surface area contributed by atoms with Gasteiger partial charge in [-0.15, -0.1) is 0 Å². The number of rotatable bonds is 4. The largest absolute Gasteiger partial charge is 0.496 e. The van der Waals surface area contributed by atoms with Gasteiger partial charge in [-0.2, -0.15) is 15.5 Å². The van der Waals surface area contributed by atoms with Gasteiger partial charge in [-0.25, -0.2) is 9.97 Å². The Labute approximate surface area is 194 Å². The summed E-state index contributed by atoms with van der Waals surface area (Å²) in [6.07, 6.45) is 7.67. The number of benzene rings is 2. The predicted octanol–water partition coefficient (Wildman–Crippen LogP) is 4.92.